The van der Waals surface area contributed by atoms with E-state index in [0.29, 0.717) is 11.0 Å². The number of halogens is 3. The maximum atomic E-state index is 13.6. The van der Waals surface area contributed by atoms with Gasteiger partial charge in [-0.1, -0.05) is 6.92 Å². The van der Waals surface area contributed by atoms with Crippen molar-refractivity contribution in [2.24, 2.45) is 0 Å². The fourth-order valence-corrected chi connectivity index (χ4v) is 1.73. The van der Waals surface area contributed by atoms with E-state index in [0.717, 1.165) is 18.7 Å². The average Bonchev–Trinajstić information content (AvgIpc) is 2.43. The summed E-state index contributed by atoms with van der Waals surface area (Å²) < 4.78 is 32.6. The first-order chi connectivity index (χ1) is 9.60. The van der Waals surface area contributed by atoms with Crippen LogP contribution in [0.2, 0.25) is 0 Å². The maximum absolute atomic E-state index is 13.6. The Kier molecular flexibility index (Phi) is 4.84. The molecule has 0 bridgehead atoms. The number of hydrogen-bond donors (Lipinski definition) is 1. The predicted octanol–water partition coefficient (Wildman–Crippen LogP) is 4.13. The molecule has 0 fully saturated rings. The molecule has 0 aliphatic rings. The highest BCUT2D eigenvalue weighted by Crippen LogP contribution is 2.30. The van der Waals surface area contributed by atoms with Crippen LogP contribution in [0.15, 0.2) is 28.9 Å². The summed E-state index contributed by atoms with van der Waals surface area (Å²) in [6.45, 7) is 2.65. The average molecular weight is 344 g/mol. The van der Waals surface area contributed by atoms with Crippen LogP contribution < -0.4 is 10.1 Å². The van der Waals surface area contributed by atoms with E-state index in [9.17, 15) is 8.78 Å². The Hall–Kier alpha value is -1.76. The van der Waals surface area contributed by atoms with Crippen LogP contribution in [0.1, 0.15) is 13.3 Å². The molecule has 0 amide bonds. The highest BCUT2D eigenvalue weighted by Gasteiger charge is 2.12. The van der Waals surface area contributed by atoms with E-state index in [4.69, 9.17) is 4.74 Å². The van der Waals surface area contributed by atoms with Crippen LogP contribution >= 0.6 is 15.9 Å². The van der Waals surface area contributed by atoms with Crippen molar-refractivity contribution in [2.45, 2.75) is 13.3 Å². The quantitative estimate of drug-likeness (QED) is 0.886. The zero-order valence-electron chi connectivity index (χ0n) is 10.7. The number of ether oxygens (including phenoxy) is 1. The van der Waals surface area contributed by atoms with E-state index in [1.54, 1.807) is 0 Å². The Morgan fingerprint density at radius 2 is 2.15 bits per heavy atom. The van der Waals surface area contributed by atoms with Crippen LogP contribution in [0.5, 0.6) is 11.6 Å². The van der Waals surface area contributed by atoms with Crippen LogP contribution in [0.3, 0.4) is 0 Å². The van der Waals surface area contributed by atoms with Gasteiger partial charge in [-0.25, -0.2) is 9.37 Å². The minimum atomic E-state index is -0.719. The van der Waals surface area contributed by atoms with Gasteiger partial charge in [-0.05, 0) is 34.5 Å². The normalized spacial score (nSPS) is 10.4. The maximum Gasteiger partial charge on any atom is 0.260 e. The van der Waals surface area contributed by atoms with Gasteiger partial charge in [0.25, 0.3) is 5.88 Å². The molecule has 1 aromatic carbocycles. The van der Waals surface area contributed by atoms with Gasteiger partial charge in [0.15, 0.2) is 0 Å². The molecule has 1 heterocycles. The topological polar surface area (TPSA) is 47.0 Å². The van der Waals surface area contributed by atoms with Gasteiger partial charge in [0.2, 0.25) is 11.8 Å². The first kappa shape index (κ1) is 14.6. The number of aromatic nitrogens is 2. The first-order valence-corrected chi connectivity index (χ1v) is 6.78. The SMILES string of the molecule is CCCNc1ncc(F)c(Oc2cc(F)ccc2Br)n1. The van der Waals surface area contributed by atoms with Crippen molar-refractivity contribution in [1.29, 1.82) is 0 Å². The molecule has 0 spiro atoms. The van der Waals surface area contributed by atoms with Crippen LogP contribution in [-0.4, -0.2) is 16.5 Å². The standard InChI is InChI=1S/C13H12BrF2N3O/c1-2-5-17-13-18-7-10(16)12(19-13)20-11-6-8(15)3-4-9(11)14/h3-4,6-7H,2,5H2,1H3,(H,17,18,19). The molecule has 2 rings (SSSR count). The van der Waals surface area contributed by atoms with E-state index in [1.165, 1.54) is 12.1 Å². The molecule has 0 saturated heterocycles. The third-order valence-electron chi connectivity index (χ3n) is 2.34. The highest BCUT2D eigenvalue weighted by atomic mass is 79.9. The van der Waals surface area contributed by atoms with Gasteiger partial charge in [-0.3, -0.25) is 0 Å². The highest BCUT2D eigenvalue weighted by molar-refractivity contribution is 9.10. The van der Waals surface area contributed by atoms with Crippen LogP contribution in [0, 0.1) is 11.6 Å². The second-order valence-corrected chi connectivity index (χ2v) is 4.80. The Bertz CT molecular complexity index is 610. The van der Waals surface area contributed by atoms with Crippen molar-refractivity contribution in [3.05, 3.63) is 40.5 Å². The fraction of sp³-hybridized carbons (Fsp3) is 0.231. The van der Waals surface area contributed by atoms with E-state index in [1.807, 2.05) is 6.92 Å². The lowest BCUT2D eigenvalue weighted by molar-refractivity contribution is 0.415. The van der Waals surface area contributed by atoms with Crippen LogP contribution in [-0.2, 0) is 0 Å². The Labute approximate surface area is 123 Å². The number of benzene rings is 1. The molecule has 0 aliphatic heterocycles. The number of nitrogens with zero attached hydrogens (tertiary/aromatic N) is 2. The Morgan fingerprint density at radius 3 is 2.90 bits per heavy atom. The second-order valence-electron chi connectivity index (χ2n) is 3.95. The molecule has 0 saturated carbocycles. The van der Waals surface area contributed by atoms with Crippen molar-refractivity contribution in [3.63, 3.8) is 0 Å². The van der Waals surface area contributed by atoms with E-state index in [-0.39, 0.29) is 17.6 Å². The third kappa shape index (κ3) is 3.63. The lowest BCUT2D eigenvalue weighted by Gasteiger charge is -2.09. The fourth-order valence-electron chi connectivity index (χ4n) is 1.40. The zero-order chi connectivity index (χ0) is 14.5. The molecule has 0 radical (unpaired) electrons. The monoisotopic (exact) mass is 343 g/mol. The first-order valence-electron chi connectivity index (χ1n) is 5.99. The molecular formula is C13H12BrF2N3O. The summed E-state index contributed by atoms with van der Waals surface area (Å²) in [7, 11) is 0. The molecule has 20 heavy (non-hydrogen) atoms. The molecule has 1 aromatic heterocycles. The Balaban J connectivity index is 2.25. The summed E-state index contributed by atoms with van der Waals surface area (Å²) in [5.74, 6) is -1.06. The van der Waals surface area contributed by atoms with Crippen molar-refractivity contribution in [1.82, 2.24) is 9.97 Å². The zero-order valence-corrected chi connectivity index (χ0v) is 12.2. The number of rotatable bonds is 5. The van der Waals surface area contributed by atoms with Crippen LogP contribution in [0.4, 0.5) is 14.7 Å². The molecule has 0 unspecified atom stereocenters. The minimum Gasteiger partial charge on any atom is -0.435 e. The summed E-state index contributed by atoms with van der Waals surface area (Å²) >= 11 is 3.20. The molecule has 106 valence electrons. The number of hydrogen-bond acceptors (Lipinski definition) is 4. The Morgan fingerprint density at radius 1 is 1.35 bits per heavy atom. The largest absolute Gasteiger partial charge is 0.435 e. The minimum absolute atomic E-state index is 0.143. The van der Waals surface area contributed by atoms with Gasteiger partial charge in [-0.2, -0.15) is 9.37 Å². The summed E-state index contributed by atoms with van der Waals surface area (Å²) in [6, 6.07) is 3.88. The van der Waals surface area contributed by atoms with E-state index in [2.05, 4.69) is 31.2 Å². The van der Waals surface area contributed by atoms with Gasteiger partial charge >= 0.3 is 0 Å². The van der Waals surface area contributed by atoms with Crippen LogP contribution in [0.25, 0.3) is 0 Å². The van der Waals surface area contributed by atoms with Crippen molar-refractivity contribution in [3.8, 4) is 11.6 Å². The van der Waals surface area contributed by atoms with Gasteiger partial charge in [0.05, 0.1) is 10.7 Å². The summed E-state index contributed by atoms with van der Waals surface area (Å²) in [4.78, 5) is 7.71. The van der Waals surface area contributed by atoms with Gasteiger partial charge in [0.1, 0.15) is 11.6 Å². The summed E-state index contributed by atoms with van der Waals surface area (Å²) in [5, 5.41) is 2.92. The molecule has 2 aromatic rings. The second kappa shape index (κ2) is 6.60. The van der Waals surface area contributed by atoms with Crippen molar-refractivity contribution >= 4 is 21.9 Å². The third-order valence-corrected chi connectivity index (χ3v) is 3.00. The predicted molar refractivity (Wildman–Crippen MR) is 74.9 cm³/mol. The molecule has 0 aliphatic carbocycles. The molecule has 0 atom stereocenters. The van der Waals surface area contributed by atoms with Crippen molar-refractivity contribution < 1.29 is 13.5 Å². The molecular weight excluding hydrogens is 332 g/mol. The van der Waals surface area contributed by atoms with Crippen molar-refractivity contribution in [2.75, 3.05) is 11.9 Å². The molecule has 7 heteroatoms. The summed E-state index contributed by atoms with van der Waals surface area (Å²) in [6.07, 6.45) is 1.89. The molecule has 4 nitrogen and oxygen atoms in total. The number of anilines is 1. The molecule has 1 N–H and O–H groups in total. The van der Waals surface area contributed by atoms with Gasteiger partial charge in [0, 0.05) is 12.6 Å². The van der Waals surface area contributed by atoms with E-state index >= 15 is 0 Å². The van der Waals surface area contributed by atoms with E-state index < -0.39 is 11.6 Å². The number of nitrogens with one attached hydrogen (secondary N) is 1. The van der Waals surface area contributed by atoms with Gasteiger partial charge < -0.3 is 10.1 Å². The summed E-state index contributed by atoms with van der Waals surface area (Å²) in [5.41, 5.74) is 0. The smallest absolute Gasteiger partial charge is 0.260 e. The lowest BCUT2D eigenvalue weighted by atomic mass is 10.3. The lowest BCUT2D eigenvalue weighted by Crippen LogP contribution is -2.06. The van der Waals surface area contributed by atoms with Gasteiger partial charge in [-0.15, -0.1) is 0 Å².